The molecule has 0 aliphatic heterocycles. The minimum atomic E-state index is -1.06. The smallest absolute Gasteiger partial charge is 0.330 e. The summed E-state index contributed by atoms with van der Waals surface area (Å²) in [6.07, 6.45) is 0. The number of methoxy groups -OCH3 is 2. The molecule has 7 heteroatoms. The van der Waals surface area contributed by atoms with Crippen molar-refractivity contribution in [2.24, 2.45) is 5.73 Å². The normalized spacial score (nSPS) is 11.4. The van der Waals surface area contributed by atoms with E-state index in [0.717, 1.165) is 0 Å². The van der Waals surface area contributed by atoms with E-state index >= 15 is 0 Å². The quantitative estimate of drug-likeness (QED) is 0.457. The van der Waals surface area contributed by atoms with Crippen LogP contribution in [0.25, 0.3) is 0 Å². The molecule has 0 aliphatic rings. The highest BCUT2D eigenvalue weighted by Gasteiger charge is 2.24. The van der Waals surface area contributed by atoms with Gasteiger partial charge in [-0.25, -0.2) is 4.79 Å². The molecule has 0 heterocycles. The van der Waals surface area contributed by atoms with Gasteiger partial charge in [0.2, 0.25) is 0 Å². The lowest BCUT2D eigenvalue weighted by Crippen LogP contribution is -2.21. The summed E-state index contributed by atoms with van der Waals surface area (Å²) < 4.78 is 10.4. The number of nitrogen functional groups attached to an aromatic ring is 1. The molecule has 0 aromatic heterocycles. The number of hydrogen-bond donors (Lipinski definition) is 4. The molecule has 0 saturated carbocycles. The molecule has 2 aromatic carbocycles. The molecule has 0 fully saturated rings. The summed E-state index contributed by atoms with van der Waals surface area (Å²) in [5.41, 5.74) is 7.00. The lowest BCUT2D eigenvalue weighted by atomic mass is 10.0. The fraction of sp³-hybridized carbons (Fsp3) is 0.176. The number of hydrogen-bond acceptors (Lipinski definition) is 5. The first-order valence-electron chi connectivity index (χ1n) is 7.12. The third-order valence-corrected chi connectivity index (χ3v) is 3.50. The van der Waals surface area contributed by atoms with Gasteiger partial charge in [0.25, 0.3) is 0 Å². The van der Waals surface area contributed by atoms with Gasteiger partial charge in [-0.1, -0.05) is 0 Å². The molecule has 2 aromatic rings. The highest BCUT2D eigenvalue weighted by molar-refractivity contribution is 5.95. The average molecular weight is 329 g/mol. The molecule has 0 aliphatic carbocycles. The average Bonchev–Trinajstić information content (AvgIpc) is 2.59. The van der Waals surface area contributed by atoms with E-state index in [2.05, 4.69) is 5.32 Å². The van der Waals surface area contributed by atoms with Crippen LogP contribution in [0, 0.1) is 5.41 Å². The van der Waals surface area contributed by atoms with E-state index in [-0.39, 0.29) is 5.84 Å². The van der Waals surface area contributed by atoms with Crippen molar-refractivity contribution in [2.75, 3.05) is 19.5 Å². The number of aliphatic carboxylic acids is 1. The Morgan fingerprint density at radius 3 is 2.33 bits per heavy atom. The summed E-state index contributed by atoms with van der Waals surface area (Å²) in [5.74, 6) is -0.134. The first-order chi connectivity index (χ1) is 11.5. The van der Waals surface area contributed by atoms with Crippen LogP contribution in [0.3, 0.4) is 0 Å². The van der Waals surface area contributed by atoms with Gasteiger partial charge in [-0.3, -0.25) is 5.41 Å². The monoisotopic (exact) mass is 329 g/mol. The number of carboxylic acid groups (broad SMARTS) is 1. The largest absolute Gasteiger partial charge is 0.497 e. The minimum absolute atomic E-state index is 0.0502. The summed E-state index contributed by atoms with van der Waals surface area (Å²) >= 11 is 0. The van der Waals surface area contributed by atoms with Gasteiger partial charge in [-0.2, -0.15) is 0 Å². The standard InChI is InChI=1S/C17H19N3O4/c1-23-12-7-8-14(24-2)13(9-12)15(17(21)22)20-11-5-3-10(4-6-11)16(18)19/h3-9,15,20H,1-2H3,(H3,18,19)(H,21,22). The van der Waals surface area contributed by atoms with Crippen LogP contribution in [0.4, 0.5) is 5.69 Å². The van der Waals surface area contributed by atoms with Crippen molar-refractivity contribution in [1.29, 1.82) is 5.41 Å². The number of anilines is 1. The molecule has 0 spiro atoms. The Kier molecular flexibility index (Phi) is 5.26. The molecule has 2 rings (SSSR count). The number of ether oxygens (including phenoxy) is 2. The van der Waals surface area contributed by atoms with Crippen LogP contribution in [-0.4, -0.2) is 31.1 Å². The van der Waals surface area contributed by atoms with Crippen LogP contribution in [0.15, 0.2) is 42.5 Å². The van der Waals surface area contributed by atoms with Crippen LogP contribution < -0.4 is 20.5 Å². The summed E-state index contributed by atoms with van der Waals surface area (Å²) in [6, 6.07) is 10.6. The molecule has 5 N–H and O–H groups in total. The highest BCUT2D eigenvalue weighted by Crippen LogP contribution is 2.31. The fourth-order valence-corrected chi connectivity index (χ4v) is 2.25. The summed E-state index contributed by atoms with van der Waals surface area (Å²) in [4.78, 5) is 11.7. The lowest BCUT2D eigenvalue weighted by Gasteiger charge is -2.19. The third kappa shape index (κ3) is 3.75. The molecule has 0 amide bonds. The van der Waals surface area contributed by atoms with Crippen LogP contribution in [0.1, 0.15) is 17.2 Å². The van der Waals surface area contributed by atoms with E-state index < -0.39 is 12.0 Å². The number of rotatable bonds is 7. The highest BCUT2D eigenvalue weighted by atomic mass is 16.5. The molecule has 24 heavy (non-hydrogen) atoms. The predicted molar refractivity (Wildman–Crippen MR) is 91.0 cm³/mol. The van der Waals surface area contributed by atoms with E-state index in [1.165, 1.54) is 14.2 Å². The predicted octanol–water partition coefficient (Wildman–Crippen LogP) is 2.23. The number of carbonyl (C=O) groups is 1. The Balaban J connectivity index is 2.36. The van der Waals surface area contributed by atoms with Crippen LogP contribution in [0.2, 0.25) is 0 Å². The van der Waals surface area contributed by atoms with Crippen molar-refractivity contribution in [3.05, 3.63) is 53.6 Å². The van der Waals surface area contributed by atoms with Gasteiger partial charge in [0.1, 0.15) is 17.3 Å². The zero-order chi connectivity index (χ0) is 17.7. The number of benzene rings is 2. The SMILES string of the molecule is COc1ccc(OC)c(C(Nc2ccc(C(=N)N)cc2)C(=O)O)c1. The van der Waals surface area contributed by atoms with Gasteiger partial charge in [0.05, 0.1) is 14.2 Å². The van der Waals surface area contributed by atoms with Crippen LogP contribution >= 0.6 is 0 Å². The van der Waals surface area contributed by atoms with E-state index in [4.69, 9.17) is 20.6 Å². The number of amidine groups is 1. The van der Waals surface area contributed by atoms with Crippen LogP contribution in [-0.2, 0) is 4.79 Å². The lowest BCUT2D eigenvalue weighted by molar-refractivity contribution is -0.138. The maximum atomic E-state index is 11.7. The van der Waals surface area contributed by atoms with Gasteiger partial charge in [0, 0.05) is 16.8 Å². The Hall–Kier alpha value is -3.22. The van der Waals surface area contributed by atoms with Crippen molar-refractivity contribution < 1.29 is 19.4 Å². The second-order valence-electron chi connectivity index (χ2n) is 5.01. The molecule has 126 valence electrons. The topological polar surface area (TPSA) is 118 Å². The number of nitrogens with two attached hydrogens (primary N) is 1. The zero-order valence-electron chi connectivity index (χ0n) is 13.4. The van der Waals surface area contributed by atoms with Gasteiger partial charge >= 0.3 is 5.97 Å². The summed E-state index contributed by atoms with van der Waals surface area (Å²) in [7, 11) is 2.99. The fourth-order valence-electron chi connectivity index (χ4n) is 2.25. The Morgan fingerprint density at radius 2 is 1.83 bits per heavy atom. The Bertz CT molecular complexity index is 744. The molecule has 1 atom stereocenters. The molecule has 0 saturated heterocycles. The van der Waals surface area contributed by atoms with Gasteiger partial charge < -0.3 is 25.6 Å². The van der Waals surface area contributed by atoms with Crippen molar-refractivity contribution in [3.8, 4) is 11.5 Å². The molecule has 0 radical (unpaired) electrons. The molecular weight excluding hydrogens is 310 g/mol. The maximum absolute atomic E-state index is 11.7. The van der Waals surface area contributed by atoms with Crippen molar-refractivity contribution in [3.63, 3.8) is 0 Å². The first kappa shape index (κ1) is 17.1. The van der Waals surface area contributed by atoms with Crippen molar-refractivity contribution in [1.82, 2.24) is 0 Å². The molecular formula is C17H19N3O4. The molecule has 0 bridgehead atoms. The van der Waals surface area contributed by atoms with E-state index in [1.54, 1.807) is 42.5 Å². The second kappa shape index (κ2) is 7.36. The maximum Gasteiger partial charge on any atom is 0.330 e. The third-order valence-electron chi connectivity index (χ3n) is 3.50. The van der Waals surface area contributed by atoms with E-state index in [9.17, 15) is 9.90 Å². The Morgan fingerprint density at radius 1 is 1.17 bits per heavy atom. The number of nitrogens with one attached hydrogen (secondary N) is 2. The van der Waals surface area contributed by atoms with E-state index in [0.29, 0.717) is 28.3 Å². The summed E-state index contributed by atoms with van der Waals surface area (Å²) in [5, 5.41) is 19.9. The van der Waals surface area contributed by atoms with E-state index in [1.807, 2.05) is 0 Å². The van der Waals surface area contributed by atoms with Gasteiger partial charge in [0.15, 0.2) is 6.04 Å². The Labute approximate surface area is 139 Å². The molecule has 7 nitrogen and oxygen atoms in total. The second-order valence-corrected chi connectivity index (χ2v) is 5.01. The first-order valence-corrected chi connectivity index (χ1v) is 7.12. The zero-order valence-corrected chi connectivity index (χ0v) is 13.4. The van der Waals surface area contributed by atoms with Crippen molar-refractivity contribution in [2.45, 2.75) is 6.04 Å². The molecule has 1 unspecified atom stereocenters. The van der Waals surface area contributed by atoms with Crippen LogP contribution in [0.5, 0.6) is 11.5 Å². The minimum Gasteiger partial charge on any atom is -0.497 e. The van der Waals surface area contributed by atoms with Crippen molar-refractivity contribution >= 4 is 17.5 Å². The summed E-state index contributed by atoms with van der Waals surface area (Å²) in [6.45, 7) is 0. The van der Waals surface area contributed by atoms with Gasteiger partial charge in [-0.05, 0) is 42.5 Å². The number of carboxylic acids is 1. The van der Waals surface area contributed by atoms with Gasteiger partial charge in [-0.15, -0.1) is 0 Å².